The molecule has 0 aliphatic carbocycles. The Morgan fingerprint density at radius 3 is 2.60 bits per heavy atom. The first-order chi connectivity index (χ1) is 11.8. The minimum absolute atomic E-state index is 0.0778. The van der Waals surface area contributed by atoms with Crippen LogP contribution in [-0.4, -0.2) is 40.5 Å². The van der Waals surface area contributed by atoms with Gasteiger partial charge in [-0.1, -0.05) is 0 Å². The number of halogens is 3. The van der Waals surface area contributed by atoms with Crippen molar-refractivity contribution in [3.63, 3.8) is 0 Å². The van der Waals surface area contributed by atoms with Crippen molar-refractivity contribution in [2.24, 2.45) is 5.92 Å². The summed E-state index contributed by atoms with van der Waals surface area (Å²) in [7, 11) is 0. The van der Waals surface area contributed by atoms with Crippen LogP contribution in [0.1, 0.15) is 5.56 Å². The van der Waals surface area contributed by atoms with Crippen LogP contribution in [0.5, 0.6) is 0 Å². The zero-order valence-corrected chi connectivity index (χ0v) is 13.2. The molecular weight excluding hydrogens is 337 g/mol. The summed E-state index contributed by atoms with van der Waals surface area (Å²) in [5.74, 6) is -0.0570. The largest absolute Gasteiger partial charge is 0.480 e. The van der Waals surface area contributed by atoms with Gasteiger partial charge in [-0.25, -0.2) is 4.68 Å². The van der Waals surface area contributed by atoms with Gasteiger partial charge in [0.2, 0.25) is 0 Å². The van der Waals surface area contributed by atoms with Gasteiger partial charge in [-0.3, -0.25) is 4.79 Å². The molecule has 9 heteroatoms. The number of benzene rings is 1. The highest BCUT2D eigenvalue weighted by molar-refractivity contribution is 5.69. The smallest absolute Gasteiger partial charge is 0.416 e. The number of aromatic nitrogens is 2. The summed E-state index contributed by atoms with van der Waals surface area (Å²) in [6, 6.07) is 6.80. The van der Waals surface area contributed by atoms with Crippen molar-refractivity contribution in [3.8, 4) is 0 Å². The second-order valence-electron chi connectivity index (χ2n) is 5.92. The van der Waals surface area contributed by atoms with E-state index in [1.807, 2.05) is 4.90 Å². The van der Waals surface area contributed by atoms with Gasteiger partial charge in [-0.15, -0.1) is 0 Å². The topological polar surface area (TPSA) is 70.4 Å². The highest BCUT2D eigenvalue weighted by Crippen LogP contribution is 2.34. The number of nitrogens with zero attached hydrogens (tertiary/aromatic N) is 3. The molecule has 1 aliphatic rings. The van der Waals surface area contributed by atoms with E-state index in [0.29, 0.717) is 25.3 Å². The van der Waals surface area contributed by atoms with Crippen LogP contribution >= 0.6 is 0 Å². The molecule has 0 saturated carbocycles. The van der Waals surface area contributed by atoms with Gasteiger partial charge in [0.05, 0.1) is 18.3 Å². The standard InChI is InChI=1S/C16H17F3N4O2/c17-16(18,19)12-1-3-13(4-2-12)22-9-11(7-20-8-15(24)25)10-23-14(22)5-6-21-23/h1-6,11,20H,7-10H2,(H,24,25). The predicted molar refractivity (Wildman–Crippen MR) is 84.7 cm³/mol. The van der Waals surface area contributed by atoms with Crippen LogP contribution in [0.2, 0.25) is 0 Å². The molecule has 1 aromatic heterocycles. The molecule has 25 heavy (non-hydrogen) atoms. The Morgan fingerprint density at radius 1 is 1.24 bits per heavy atom. The first-order valence-corrected chi connectivity index (χ1v) is 7.73. The number of hydrogen-bond donors (Lipinski definition) is 2. The van der Waals surface area contributed by atoms with Gasteiger partial charge >= 0.3 is 12.1 Å². The van der Waals surface area contributed by atoms with Crippen molar-refractivity contribution >= 4 is 17.5 Å². The lowest BCUT2D eigenvalue weighted by Gasteiger charge is -2.35. The lowest BCUT2D eigenvalue weighted by Crippen LogP contribution is -2.41. The molecule has 0 bridgehead atoms. The minimum Gasteiger partial charge on any atom is -0.480 e. The van der Waals surface area contributed by atoms with Crippen LogP contribution in [0.3, 0.4) is 0 Å². The van der Waals surface area contributed by atoms with E-state index in [1.165, 1.54) is 12.1 Å². The van der Waals surface area contributed by atoms with Crippen molar-refractivity contribution in [3.05, 3.63) is 42.1 Å². The number of hydrogen-bond acceptors (Lipinski definition) is 4. The third-order valence-electron chi connectivity index (χ3n) is 4.06. The van der Waals surface area contributed by atoms with Gasteiger partial charge in [-0.2, -0.15) is 18.3 Å². The average Bonchev–Trinajstić information content (AvgIpc) is 3.01. The Labute approximate surface area is 141 Å². The average molecular weight is 354 g/mol. The Balaban J connectivity index is 1.79. The van der Waals surface area contributed by atoms with Crippen LogP contribution in [0.4, 0.5) is 24.7 Å². The van der Waals surface area contributed by atoms with E-state index in [-0.39, 0.29) is 12.5 Å². The Kier molecular flexibility index (Phi) is 4.67. The molecule has 1 aliphatic heterocycles. The quantitative estimate of drug-likeness (QED) is 0.863. The minimum atomic E-state index is -4.37. The van der Waals surface area contributed by atoms with Crippen molar-refractivity contribution in [1.82, 2.24) is 15.1 Å². The summed E-state index contributed by atoms with van der Waals surface area (Å²) in [5, 5.41) is 15.8. The number of rotatable bonds is 5. The third-order valence-corrected chi connectivity index (χ3v) is 4.06. The number of carbonyl (C=O) groups is 1. The van der Waals surface area contributed by atoms with Crippen molar-refractivity contribution in [2.75, 3.05) is 24.5 Å². The molecule has 3 rings (SSSR count). The second kappa shape index (κ2) is 6.75. The van der Waals surface area contributed by atoms with E-state index in [0.717, 1.165) is 18.0 Å². The maximum Gasteiger partial charge on any atom is 0.416 e. The van der Waals surface area contributed by atoms with Crippen molar-refractivity contribution in [1.29, 1.82) is 0 Å². The monoisotopic (exact) mass is 354 g/mol. The molecule has 2 N–H and O–H groups in total. The normalized spacial score (nSPS) is 17.4. The highest BCUT2D eigenvalue weighted by Gasteiger charge is 2.31. The predicted octanol–water partition coefficient (Wildman–Crippen LogP) is 2.34. The fourth-order valence-electron chi connectivity index (χ4n) is 2.93. The van der Waals surface area contributed by atoms with E-state index in [2.05, 4.69) is 10.4 Å². The maximum absolute atomic E-state index is 12.7. The van der Waals surface area contributed by atoms with Crippen LogP contribution < -0.4 is 10.2 Å². The van der Waals surface area contributed by atoms with Gasteiger partial charge in [0.15, 0.2) is 0 Å². The molecule has 0 spiro atoms. The van der Waals surface area contributed by atoms with E-state index in [9.17, 15) is 18.0 Å². The first-order valence-electron chi connectivity index (χ1n) is 7.73. The fraction of sp³-hybridized carbons (Fsp3) is 0.375. The molecule has 1 unspecified atom stereocenters. The molecule has 0 saturated heterocycles. The van der Waals surface area contributed by atoms with Gasteiger partial charge in [-0.05, 0) is 24.3 Å². The molecule has 1 aromatic carbocycles. The number of alkyl halides is 3. The highest BCUT2D eigenvalue weighted by atomic mass is 19.4. The lowest BCUT2D eigenvalue weighted by molar-refractivity contribution is -0.138. The molecule has 2 aromatic rings. The SMILES string of the molecule is O=C(O)CNCC1CN(c2ccc(C(F)(F)F)cc2)c2ccnn2C1. The van der Waals surface area contributed by atoms with Gasteiger partial charge in [0.1, 0.15) is 5.82 Å². The molecule has 134 valence electrons. The number of fused-ring (bicyclic) bond motifs is 1. The Morgan fingerprint density at radius 2 is 1.96 bits per heavy atom. The summed E-state index contributed by atoms with van der Waals surface area (Å²) in [6.45, 7) is 1.52. The molecule has 0 radical (unpaired) electrons. The summed E-state index contributed by atoms with van der Waals surface area (Å²) in [6.07, 6.45) is -2.73. The van der Waals surface area contributed by atoms with Crippen molar-refractivity contribution < 1.29 is 23.1 Å². The molecule has 0 fully saturated rings. The van der Waals surface area contributed by atoms with Gasteiger partial charge in [0.25, 0.3) is 0 Å². The van der Waals surface area contributed by atoms with E-state index in [1.54, 1.807) is 16.9 Å². The number of carboxylic acids is 1. The zero-order chi connectivity index (χ0) is 18.0. The summed E-state index contributed by atoms with van der Waals surface area (Å²) in [5.41, 5.74) is -0.0564. The zero-order valence-electron chi connectivity index (χ0n) is 13.2. The number of carboxylic acid groups (broad SMARTS) is 1. The number of nitrogens with one attached hydrogen (secondary N) is 1. The Hall–Kier alpha value is -2.55. The number of aliphatic carboxylic acids is 1. The molecule has 2 heterocycles. The third kappa shape index (κ3) is 3.93. The van der Waals surface area contributed by atoms with E-state index >= 15 is 0 Å². The van der Waals surface area contributed by atoms with Gasteiger partial charge < -0.3 is 15.3 Å². The second-order valence-corrected chi connectivity index (χ2v) is 5.92. The summed E-state index contributed by atoms with van der Waals surface area (Å²) >= 11 is 0. The summed E-state index contributed by atoms with van der Waals surface area (Å²) < 4.78 is 40.0. The van der Waals surface area contributed by atoms with E-state index in [4.69, 9.17) is 5.11 Å². The molecule has 6 nitrogen and oxygen atoms in total. The van der Waals surface area contributed by atoms with Crippen LogP contribution in [0, 0.1) is 5.92 Å². The van der Waals surface area contributed by atoms with Crippen LogP contribution in [-0.2, 0) is 17.5 Å². The van der Waals surface area contributed by atoms with Crippen LogP contribution in [0.25, 0.3) is 0 Å². The Bertz CT molecular complexity index is 743. The maximum atomic E-state index is 12.7. The lowest BCUT2D eigenvalue weighted by atomic mass is 10.1. The number of anilines is 2. The molecular formula is C16H17F3N4O2. The fourth-order valence-corrected chi connectivity index (χ4v) is 2.93. The first kappa shape index (κ1) is 17.3. The van der Waals surface area contributed by atoms with E-state index < -0.39 is 17.7 Å². The van der Waals surface area contributed by atoms with Crippen molar-refractivity contribution in [2.45, 2.75) is 12.7 Å². The van der Waals surface area contributed by atoms with Gasteiger partial charge in [0, 0.05) is 37.3 Å². The molecule has 0 amide bonds. The summed E-state index contributed by atoms with van der Waals surface area (Å²) in [4.78, 5) is 12.5. The van der Waals surface area contributed by atoms with Crippen LogP contribution in [0.15, 0.2) is 36.5 Å². The molecule has 1 atom stereocenters.